The summed E-state index contributed by atoms with van der Waals surface area (Å²) in [5, 5.41) is 0. The van der Waals surface area contributed by atoms with Crippen LogP contribution in [0, 0.1) is 0 Å². The van der Waals surface area contributed by atoms with Crippen LogP contribution >= 0.6 is 0 Å². The predicted octanol–water partition coefficient (Wildman–Crippen LogP) is 0.601. The van der Waals surface area contributed by atoms with Crippen molar-refractivity contribution in [3.8, 4) is 0 Å². The highest BCUT2D eigenvalue weighted by Gasteiger charge is 2.20. The van der Waals surface area contributed by atoms with Crippen molar-refractivity contribution in [2.45, 2.75) is 25.8 Å². The highest BCUT2D eigenvalue weighted by molar-refractivity contribution is 5.77. The van der Waals surface area contributed by atoms with Gasteiger partial charge in [0.2, 0.25) is 0 Å². The van der Waals surface area contributed by atoms with Crippen molar-refractivity contribution in [2.24, 2.45) is 0 Å². The number of piperidine rings is 1. The van der Waals surface area contributed by atoms with E-state index in [1.165, 1.54) is 12.8 Å². The zero-order valence-corrected chi connectivity index (χ0v) is 8.92. The van der Waals surface area contributed by atoms with Crippen molar-refractivity contribution in [1.82, 2.24) is 9.80 Å². The van der Waals surface area contributed by atoms with Crippen molar-refractivity contribution in [3.05, 3.63) is 0 Å². The molecule has 0 bridgehead atoms. The maximum atomic E-state index is 10.9. The van der Waals surface area contributed by atoms with Crippen molar-refractivity contribution in [2.75, 3.05) is 33.7 Å². The minimum atomic E-state index is 0.281. The lowest BCUT2D eigenvalue weighted by Gasteiger charge is -2.34. The Hall–Kier alpha value is -0.410. The molecule has 0 aromatic carbocycles. The molecule has 0 N–H and O–H groups in total. The van der Waals surface area contributed by atoms with E-state index in [9.17, 15) is 4.79 Å². The Bertz CT molecular complexity index is 172. The second kappa shape index (κ2) is 4.72. The van der Waals surface area contributed by atoms with E-state index >= 15 is 0 Å². The molecule has 0 aromatic rings. The molecule has 1 aliphatic heterocycles. The lowest BCUT2D eigenvalue weighted by molar-refractivity contribution is -0.118. The van der Waals surface area contributed by atoms with Crippen LogP contribution < -0.4 is 0 Å². The van der Waals surface area contributed by atoms with Gasteiger partial charge in [-0.25, -0.2) is 0 Å². The number of ketones is 1. The summed E-state index contributed by atoms with van der Waals surface area (Å²) >= 11 is 0. The van der Waals surface area contributed by atoms with E-state index < -0.39 is 0 Å². The van der Waals surface area contributed by atoms with Crippen molar-refractivity contribution in [3.63, 3.8) is 0 Å². The zero-order valence-electron chi connectivity index (χ0n) is 8.92. The van der Waals surface area contributed by atoms with Gasteiger partial charge < -0.3 is 4.90 Å². The van der Waals surface area contributed by atoms with Crippen LogP contribution in [0.4, 0.5) is 0 Å². The summed E-state index contributed by atoms with van der Waals surface area (Å²) in [7, 11) is 4.26. The molecular weight excluding hydrogens is 164 g/mol. The molecule has 1 fully saturated rings. The van der Waals surface area contributed by atoms with Crippen LogP contribution in [-0.4, -0.2) is 55.4 Å². The lowest BCUT2D eigenvalue weighted by Crippen LogP contribution is -2.43. The van der Waals surface area contributed by atoms with Crippen LogP contribution in [0.1, 0.15) is 19.8 Å². The molecule has 0 unspecified atom stereocenters. The van der Waals surface area contributed by atoms with Crippen LogP contribution in [0.3, 0.4) is 0 Å². The summed E-state index contributed by atoms with van der Waals surface area (Å²) in [6.07, 6.45) is 2.39. The van der Waals surface area contributed by atoms with Crippen molar-refractivity contribution < 1.29 is 4.79 Å². The van der Waals surface area contributed by atoms with Gasteiger partial charge in [0.05, 0.1) is 6.54 Å². The van der Waals surface area contributed by atoms with Gasteiger partial charge in [0, 0.05) is 19.1 Å². The van der Waals surface area contributed by atoms with Gasteiger partial charge in [-0.2, -0.15) is 0 Å². The average Bonchev–Trinajstić information content (AvgIpc) is 2.04. The maximum Gasteiger partial charge on any atom is 0.143 e. The molecule has 1 rings (SSSR count). The zero-order chi connectivity index (χ0) is 9.84. The molecule has 0 saturated carbocycles. The van der Waals surface area contributed by atoms with E-state index in [4.69, 9.17) is 0 Å². The number of rotatable bonds is 3. The Kier molecular flexibility index (Phi) is 3.88. The molecule has 76 valence electrons. The fourth-order valence-corrected chi connectivity index (χ4v) is 1.91. The lowest BCUT2D eigenvalue weighted by atomic mass is 10.0. The van der Waals surface area contributed by atoms with E-state index in [2.05, 4.69) is 23.9 Å². The summed E-state index contributed by atoms with van der Waals surface area (Å²) in [5.74, 6) is 0.281. The van der Waals surface area contributed by atoms with E-state index in [1.54, 1.807) is 6.92 Å². The van der Waals surface area contributed by atoms with Gasteiger partial charge >= 0.3 is 0 Å². The van der Waals surface area contributed by atoms with Crippen LogP contribution in [-0.2, 0) is 4.79 Å². The standard InChI is InChI=1S/C10H20N2O/c1-9(13)8-12-6-4-10(5-7-12)11(2)3/h10H,4-8H2,1-3H3. The highest BCUT2D eigenvalue weighted by Crippen LogP contribution is 2.13. The molecule has 3 nitrogen and oxygen atoms in total. The fraction of sp³-hybridized carbons (Fsp3) is 0.900. The number of hydrogen-bond donors (Lipinski definition) is 0. The smallest absolute Gasteiger partial charge is 0.143 e. The van der Waals surface area contributed by atoms with Gasteiger partial charge in [0.25, 0.3) is 0 Å². The third-order valence-corrected chi connectivity index (χ3v) is 2.73. The van der Waals surface area contributed by atoms with Gasteiger partial charge in [0.15, 0.2) is 0 Å². The number of carbonyl (C=O) groups excluding carboxylic acids is 1. The van der Waals surface area contributed by atoms with Crippen LogP contribution in [0.15, 0.2) is 0 Å². The Morgan fingerprint density at radius 2 is 1.92 bits per heavy atom. The van der Waals surface area contributed by atoms with Crippen LogP contribution in [0.5, 0.6) is 0 Å². The van der Waals surface area contributed by atoms with Gasteiger partial charge in [-0.05, 0) is 33.9 Å². The third kappa shape index (κ3) is 3.44. The summed E-state index contributed by atoms with van der Waals surface area (Å²) in [6.45, 7) is 4.45. The third-order valence-electron chi connectivity index (χ3n) is 2.73. The largest absolute Gasteiger partial charge is 0.306 e. The minimum Gasteiger partial charge on any atom is -0.306 e. The molecular formula is C10H20N2O. The van der Waals surface area contributed by atoms with Crippen LogP contribution in [0.2, 0.25) is 0 Å². The average molecular weight is 184 g/mol. The molecule has 13 heavy (non-hydrogen) atoms. The first kappa shape index (κ1) is 10.7. The SMILES string of the molecule is CC(=O)CN1CCC(N(C)C)CC1. The normalized spacial score (nSPS) is 20.9. The number of hydrogen-bond acceptors (Lipinski definition) is 3. The topological polar surface area (TPSA) is 23.6 Å². The van der Waals surface area contributed by atoms with E-state index in [-0.39, 0.29) is 5.78 Å². The molecule has 0 atom stereocenters. The number of nitrogens with zero attached hydrogens (tertiary/aromatic N) is 2. The second-order valence-corrected chi connectivity index (χ2v) is 4.17. The molecule has 1 aliphatic rings. The summed E-state index contributed by atoms with van der Waals surface area (Å²) in [4.78, 5) is 15.4. The van der Waals surface area contributed by atoms with Crippen molar-refractivity contribution in [1.29, 1.82) is 0 Å². The van der Waals surface area contributed by atoms with Gasteiger partial charge in [-0.15, -0.1) is 0 Å². The van der Waals surface area contributed by atoms with Gasteiger partial charge in [0.1, 0.15) is 5.78 Å². The number of Topliss-reactive ketones (excluding diaryl/α,β-unsaturated/α-hetero) is 1. The Labute approximate surface area is 80.7 Å². The molecule has 0 spiro atoms. The monoisotopic (exact) mass is 184 g/mol. The quantitative estimate of drug-likeness (QED) is 0.642. The fourth-order valence-electron chi connectivity index (χ4n) is 1.91. The van der Waals surface area contributed by atoms with Gasteiger partial charge in [-0.1, -0.05) is 0 Å². The van der Waals surface area contributed by atoms with Crippen LogP contribution in [0.25, 0.3) is 0 Å². The van der Waals surface area contributed by atoms with E-state index in [0.29, 0.717) is 12.6 Å². The molecule has 1 heterocycles. The predicted molar refractivity (Wildman–Crippen MR) is 53.8 cm³/mol. The summed E-state index contributed by atoms with van der Waals surface area (Å²) < 4.78 is 0. The Morgan fingerprint density at radius 1 is 1.38 bits per heavy atom. The first-order chi connectivity index (χ1) is 6.09. The number of likely N-dealkylation sites (tertiary alicyclic amines) is 1. The van der Waals surface area contributed by atoms with E-state index in [0.717, 1.165) is 13.1 Å². The minimum absolute atomic E-state index is 0.281. The maximum absolute atomic E-state index is 10.9. The first-order valence-electron chi connectivity index (χ1n) is 4.98. The highest BCUT2D eigenvalue weighted by atomic mass is 16.1. The first-order valence-corrected chi connectivity index (χ1v) is 4.98. The van der Waals surface area contributed by atoms with E-state index in [1.807, 2.05) is 0 Å². The Balaban J connectivity index is 2.26. The summed E-state index contributed by atoms with van der Waals surface area (Å²) in [5.41, 5.74) is 0. The molecule has 1 saturated heterocycles. The van der Waals surface area contributed by atoms with Crippen molar-refractivity contribution >= 4 is 5.78 Å². The summed E-state index contributed by atoms with van der Waals surface area (Å²) in [6, 6.07) is 0.711. The molecule has 0 radical (unpaired) electrons. The molecule has 0 aromatic heterocycles. The number of carbonyl (C=O) groups is 1. The molecule has 0 amide bonds. The Morgan fingerprint density at radius 3 is 2.31 bits per heavy atom. The second-order valence-electron chi connectivity index (χ2n) is 4.17. The molecule has 3 heteroatoms. The van der Waals surface area contributed by atoms with Gasteiger partial charge in [-0.3, -0.25) is 9.69 Å². The molecule has 0 aliphatic carbocycles.